The van der Waals surface area contributed by atoms with Crippen molar-refractivity contribution in [2.45, 2.75) is 32.9 Å². The van der Waals surface area contributed by atoms with E-state index >= 15 is 0 Å². The Morgan fingerprint density at radius 3 is 2.61 bits per heavy atom. The smallest absolute Gasteiger partial charge is 0.387 e. The molecule has 0 radical (unpaired) electrons. The summed E-state index contributed by atoms with van der Waals surface area (Å²) < 4.78 is 35.1. The van der Waals surface area contributed by atoms with Crippen molar-refractivity contribution >= 4 is 35.8 Å². The Hall–Kier alpha value is -2.37. The van der Waals surface area contributed by atoms with Crippen LogP contribution in [0.25, 0.3) is 0 Å². The molecule has 31 heavy (non-hydrogen) atoms. The maximum atomic E-state index is 12.7. The van der Waals surface area contributed by atoms with Crippen molar-refractivity contribution in [1.29, 1.82) is 0 Å². The van der Waals surface area contributed by atoms with Crippen LogP contribution in [0.1, 0.15) is 25.3 Å². The summed E-state index contributed by atoms with van der Waals surface area (Å²) in [6.45, 7) is 1.48. The van der Waals surface area contributed by atoms with Gasteiger partial charge in [-0.25, -0.2) is 9.98 Å². The van der Waals surface area contributed by atoms with Gasteiger partial charge >= 0.3 is 6.61 Å². The number of halogens is 3. The van der Waals surface area contributed by atoms with Gasteiger partial charge in [-0.1, -0.05) is 6.07 Å². The third-order valence-electron chi connectivity index (χ3n) is 4.10. The molecule has 0 atom stereocenters. The van der Waals surface area contributed by atoms with Crippen LogP contribution in [0.4, 0.5) is 14.6 Å². The minimum atomic E-state index is -2.90. The summed E-state index contributed by atoms with van der Waals surface area (Å²) in [5.41, 5.74) is 0.520. The molecule has 0 aliphatic carbocycles. The minimum Gasteiger partial charge on any atom is -0.497 e. The number of nitrogens with zero attached hydrogens (tertiary/aromatic N) is 2. The summed E-state index contributed by atoms with van der Waals surface area (Å²) in [6.07, 6.45) is 3.65. The maximum absolute atomic E-state index is 12.7. The van der Waals surface area contributed by atoms with Crippen LogP contribution in [0.2, 0.25) is 0 Å². The third kappa shape index (κ3) is 10.5. The van der Waals surface area contributed by atoms with E-state index in [1.165, 1.54) is 13.2 Å². The lowest BCUT2D eigenvalue weighted by molar-refractivity contribution is -0.0504. The summed E-state index contributed by atoms with van der Waals surface area (Å²) in [6, 6.07) is 10.4. The van der Waals surface area contributed by atoms with Crippen LogP contribution >= 0.6 is 24.0 Å². The highest BCUT2D eigenvalue weighted by molar-refractivity contribution is 14.0. The number of guanidine groups is 1. The first-order chi connectivity index (χ1) is 14.6. The summed E-state index contributed by atoms with van der Waals surface area (Å²) >= 11 is 0. The molecule has 2 aromatic rings. The molecule has 1 aromatic carbocycles. The van der Waals surface area contributed by atoms with Gasteiger partial charge in [0, 0.05) is 31.4 Å². The Morgan fingerprint density at radius 2 is 1.94 bits per heavy atom. The first-order valence-corrected chi connectivity index (χ1v) is 9.91. The van der Waals surface area contributed by atoms with Gasteiger partial charge in [0.25, 0.3) is 0 Å². The van der Waals surface area contributed by atoms with Crippen molar-refractivity contribution in [3.63, 3.8) is 0 Å². The van der Waals surface area contributed by atoms with Crippen molar-refractivity contribution in [3.8, 4) is 11.5 Å². The second-order valence-corrected chi connectivity index (χ2v) is 6.32. The molecule has 0 bridgehead atoms. The van der Waals surface area contributed by atoms with E-state index in [1.807, 2.05) is 25.1 Å². The van der Waals surface area contributed by atoms with E-state index in [4.69, 9.17) is 4.74 Å². The zero-order chi connectivity index (χ0) is 21.6. The quantitative estimate of drug-likeness (QED) is 0.159. The lowest BCUT2D eigenvalue weighted by Gasteiger charge is -2.13. The number of pyridine rings is 1. The van der Waals surface area contributed by atoms with E-state index in [0.717, 1.165) is 31.7 Å². The Kier molecular flexibility index (Phi) is 13.3. The van der Waals surface area contributed by atoms with Crippen molar-refractivity contribution in [2.75, 3.05) is 32.1 Å². The van der Waals surface area contributed by atoms with E-state index in [2.05, 4.69) is 30.7 Å². The van der Waals surface area contributed by atoms with Crippen LogP contribution in [0.15, 0.2) is 47.6 Å². The summed E-state index contributed by atoms with van der Waals surface area (Å²) in [5, 5.41) is 9.67. The molecule has 1 aromatic heterocycles. The van der Waals surface area contributed by atoms with E-state index < -0.39 is 6.61 Å². The maximum Gasteiger partial charge on any atom is 0.387 e. The monoisotopic (exact) mass is 549 g/mol. The number of aromatic nitrogens is 1. The van der Waals surface area contributed by atoms with E-state index in [0.29, 0.717) is 23.8 Å². The first-order valence-electron chi connectivity index (χ1n) is 9.91. The number of alkyl halides is 2. The minimum absolute atomic E-state index is 0. The summed E-state index contributed by atoms with van der Waals surface area (Å²) in [7, 11) is 1.52. The molecule has 0 spiro atoms. The van der Waals surface area contributed by atoms with Gasteiger partial charge in [-0.2, -0.15) is 8.78 Å². The second-order valence-electron chi connectivity index (χ2n) is 6.32. The average molecular weight is 549 g/mol. The second kappa shape index (κ2) is 15.4. The number of benzene rings is 1. The molecule has 10 heteroatoms. The fraction of sp³-hybridized carbons (Fsp3) is 0.429. The van der Waals surface area contributed by atoms with E-state index in [-0.39, 0.29) is 36.3 Å². The van der Waals surface area contributed by atoms with Gasteiger partial charge in [-0.15, -0.1) is 24.0 Å². The van der Waals surface area contributed by atoms with Gasteiger partial charge in [-0.05, 0) is 50.1 Å². The SMILES string of the molecule is CCNC(=NCc1cc(OC)ccc1OC(F)F)NCCCCNc1ccccn1.I. The Bertz CT molecular complexity index is 782. The summed E-state index contributed by atoms with van der Waals surface area (Å²) in [4.78, 5) is 8.70. The molecule has 0 unspecified atom stereocenters. The molecule has 0 fully saturated rings. The highest BCUT2D eigenvalue weighted by Crippen LogP contribution is 2.26. The van der Waals surface area contributed by atoms with Gasteiger partial charge in [0.2, 0.25) is 0 Å². The molecule has 172 valence electrons. The highest BCUT2D eigenvalue weighted by atomic mass is 127. The molecule has 0 saturated carbocycles. The number of unbranched alkanes of at least 4 members (excludes halogenated alkanes) is 1. The average Bonchev–Trinajstić information content (AvgIpc) is 2.75. The van der Waals surface area contributed by atoms with E-state index in [9.17, 15) is 8.78 Å². The van der Waals surface area contributed by atoms with Crippen LogP contribution in [-0.2, 0) is 6.54 Å². The van der Waals surface area contributed by atoms with Gasteiger partial charge in [0.05, 0.1) is 13.7 Å². The number of anilines is 1. The zero-order valence-electron chi connectivity index (χ0n) is 17.7. The molecule has 0 aliphatic heterocycles. The number of methoxy groups -OCH3 is 1. The van der Waals surface area contributed by atoms with Crippen molar-refractivity contribution in [1.82, 2.24) is 15.6 Å². The number of ether oxygens (including phenoxy) is 2. The molecule has 3 N–H and O–H groups in total. The van der Waals surface area contributed by atoms with Crippen molar-refractivity contribution in [2.24, 2.45) is 4.99 Å². The van der Waals surface area contributed by atoms with Crippen molar-refractivity contribution < 1.29 is 18.3 Å². The van der Waals surface area contributed by atoms with Gasteiger partial charge in [0.1, 0.15) is 17.3 Å². The normalized spacial score (nSPS) is 10.9. The lowest BCUT2D eigenvalue weighted by atomic mass is 10.2. The Labute approximate surface area is 199 Å². The van der Waals surface area contributed by atoms with Crippen LogP contribution in [0, 0.1) is 0 Å². The number of hydrogen-bond donors (Lipinski definition) is 3. The van der Waals surface area contributed by atoms with Crippen molar-refractivity contribution in [3.05, 3.63) is 48.2 Å². The zero-order valence-corrected chi connectivity index (χ0v) is 20.1. The molecule has 7 nitrogen and oxygen atoms in total. The Morgan fingerprint density at radius 1 is 1.13 bits per heavy atom. The van der Waals surface area contributed by atoms with Gasteiger partial charge in [0.15, 0.2) is 5.96 Å². The van der Waals surface area contributed by atoms with E-state index in [1.54, 1.807) is 18.3 Å². The first kappa shape index (κ1) is 26.7. The molecule has 1 heterocycles. The fourth-order valence-electron chi connectivity index (χ4n) is 2.66. The molecule has 0 amide bonds. The largest absolute Gasteiger partial charge is 0.497 e. The lowest BCUT2D eigenvalue weighted by Crippen LogP contribution is -2.37. The topological polar surface area (TPSA) is 79.8 Å². The number of aliphatic imine (C=N–C) groups is 1. The molecule has 0 aliphatic rings. The van der Waals surface area contributed by atoms with Crippen LogP contribution < -0.4 is 25.4 Å². The predicted octanol–water partition coefficient (Wildman–Crippen LogP) is 4.26. The summed E-state index contributed by atoms with van der Waals surface area (Å²) in [5.74, 6) is 2.12. The predicted molar refractivity (Wildman–Crippen MR) is 130 cm³/mol. The number of nitrogens with one attached hydrogen (secondary N) is 3. The van der Waals surface area contributed by atoms with Gasteiger partial charge in [-0.3, -0.25) is 0 Å². The Balaban J connectivity index is 0.00000480. The molecule has 0 saturated heterocycles. The molecular formula is C21H30F2IN5O2. The van der Waals surface area contributed by atoms with Crippen LogP contribution in [-0.4, -0.2) is 44.3 Å². The highest BCUT2D eigenvalue weighted by Gasteiger charge is 2.11. The molecule has 2 rings (SSSR count). The number of hydrogen-bond acceptors (Lipinski definition) is 5. The number of rotatable bonds is 12. The molecular weight excluding hydrogens is 519 g/mol. The van der Waals surface area contributed by atoms with Gasteiger partial charge < -0.3 is 25.4 Å². The standard InChI is InChI=1S/C21H29F2N5O2.HI/c1-3-24-21(27-13-7-6-12-26-19-8-4-5-11-25-19)28-15-16-14-17(29-2)9-10-18(16)30-20(22)23;/h4-5,8-11,14,20H,3,6-7,12-13,15H2,1-2H3,(H,25,26)(H2,24,27,28);1H. The fourth-order valence-corrected chi connectivity index (χ4v) is 2.66. The van der Waals surface area contributed by atoms with Crippen LogP contribution in [0.5, 0.6) is 11.5 Å². The van der Waals surface area contributed by atoms with Crippen LogP contribution in [0.3, 0.4) is 0 Å². The third-order valence-corrected chi connectivity index (χ3v) is 4.10.